The van der Waals surface area contributed by atoms with E-state index in [-0.39, 0.29) is 0 Å². The zero-order valence-corrected chi connectivity index (χ0v) is 9.84. The first-order chi connectivity index (χ1) is 8.81. The SMILES string of the molecule is N#Cc1c(N)cccc1OCCc1ccccn1. The van der Waals surface area contributed by atoms with Gasteiger partial charge >= 0.3 is 0 Å². The molecule has 0 atom stereocenters. The van der Waals surface area contributed by atoms with Crippen molar-refractivity contribution in [2.45, 2.75) is 6.42 Å². The molecule has 0 aliphatic heterocycles. The van der Waals surface area contributed by atoms with Crippen molar-refractivity contribution in [2.24, 2.45) is 0 Å². The fourth-order valence-electron chi connectivity index (χ4n) is 1.60. The molecule has 2 rings (SSSR count). The van der Waals surface area contributed by atoms with Gasteiger partial charge in [-0.1, -0.05) is 12.1 Å². The van der Waals surface area contributed by atoms with Crippen molar-refractivity contribution in [3.8, 4) is 11.8 Å². The number of nitrogens with two attached hydrogens (primary N) is 1. The molecule has 18 heavy (non-hydrogen) atoms. The Kier molecular flexibility index (Phi) is 3.77. The van der Waals surface area contributed by atoms with Crippen molar-refractivity contribution >= 4 is 5.69 Å². The van der Waals surface area contributed by atoms with E-state index in [1.54, 1.807) is 24.4 Å². The summed E-state index contributed by atoms with van der Waals surface area (Å²) < 4.78 is 5.57. The summed E-state index contributed by atoms with van der Waals surface area (Å²) in [5, 5.41) is 8.99. The molecular weight excluding hydrogens is 226 g/mol. The van der Waals surface area contributed by atoms with Crippen molar-refractivity contribution in [3.05, 3.63) is 53.9 Å². The van der Waals surface area contributed by atoms with Crippen molar-refractivity contribution < 1.29 is 4.74 Å². The number of hydrogen-bond acceptors (Lipinski definition) is 4. The lowest BCUT2D eigenvalue weighted by Gasteiger charge is -2.08. The van der Waals surface area contributed by atoms with Crippen LogP contribution in [0.1, 0.15) is 11.3 Å². The Labute approximate surface area is 106 Å². The number of nitriles is 1. The Hall–Kier alpha value is -2.54. The number of ether oxygens (including phenoxy) is 1. The minimum Gasteiger partial charge on any atom is -0.492 e. The van der Waals surface area contributed by atoms with Gasteiger partial charge in [0, 0.05) is 18.3 Å². The summed E-state index contributed by atoms with van der Waals surface area (Å²) in [6, 6.07) is 13.0. The number of rotatable bonds is 4. The van der Waals surface area contributed by atoms with Gasteiger partial charge in [0.2, 0.25) is 0 Å². The van der Waals surface area contributed by atoms with E-state index in [9.17, 15) is 0 Å². The van der Waals surface area contributed by atoms with Crippen molar-refractivity contribution in [3.63, 3.8) is 0 Å². The molecule has 0 saturated carbocycles. The van der Waals surface area contributed by atoms with E-state index in [0.717, 1.165) is 5.69 Å². The normalized spacial score (nSPS) is 9.72. The molecule has 4 heteroatoms. The Morgan fingerprint density at radius 1 is 1.22 bits per heavy atom. The van der Waals surface area contributed by atoms with Crippen LogP contribution in [-0.2, 0) is 6.42 Å². The van der Waals surface area contributed by atoms with Crippen LogP contribution in [-0.4, -0.2) is 11.6 Å². The monoisotopic (exact) mass is 239 g/mol. The second kappa shape index (κ2) is 5.69. The molecule has 1 aromatic heterocycles. The van der Waals surface area contributed by atoms with Crippen LogP contribution in [0.4, 0.5) is 5.69 Å². The van der Waals surface area contributed by atoms with E-state index in [1.165, 1.54) is 0 Å². The fraction of sp³-hybridized carbons (Fsp3) is 0.143. The summed E-state index contributed by atoms with van der Waals surface area (Å²) >= 11 is 0. The van der Waals surface area contributed by atoms with Crippen LogP contribution < -0.4 is 10.5 Å². The minimum absolute atomic E-state index is 0.388. The van der Waals surface area contributed by atoms with Gasteiger partial charge in [0.05, 0.1) is 12.3 Å². The Morgan fingerprint density at radius 3 is 2.83 bits per heavy atom. The molecule has 0 fully saturated rings. The molecule has 0 unspecified atom stereocenters. The standard InChI is InChI=1S/C14H13N3O/c15-10-12-13(16)5-3-6-14(12)18-9-7-11-4-1-2-8-17-11/h1-6,8H,7,9,16H2. The molecule has 0 amide bonds. The third-order valence-electron chi connectivity index (χ3n) is 2.51. The van der Waals surface area contributed by atoms with Crippen molar-refractivity contribution in [1.82, 2.24) is 4.98 Å². The number of pyridine rings is 1. The van der Waals surface area contributed by atoms with Gasteiger partial charge in [-0.15, -0.1) is 0 Å². The maximum Gasteiger partial charge on any atom is 0.139 e. The van der Waals surface area contributed by atoms with E-state index in [0.29, 0.717) is 30.0 Å². The van der Waals surface area contributed by atoms with E-state index < -0.39 is 0 Å². The molecule has 1 heterocycles. The summed E-state index contributed by atoms with van der Waals surface area (Å²) in [5.74, 6) is 0.522. The Bertz CT molecular complexity index is 561. The summed E-state index contributed by atoms with van der Waals surface area (Å²) in [6.45, 7) is 0.467. The first kappa shape index (κ1) is 11.9. The zero-order valence-electron chi connectivity index (χ0n) is 9.84. The molecule has 1 aromatic carbocycles. The van der Waals surface area contributed by atoms with Gasteiger partial charge in [0.1, 0.15) is 17.4 Å². The molecule has 0 spiro atoms. The average molecular weight is 239 g/mol. The summed E-state index contributed by atoms with van der Waals surface area (Å²) in [4.78, 5) is 4.20. The number of anilines is 1. The lowest BCUT2D eigenvalue weighted by atomic mass is 10.2. The molecule has 90 valence electrons. The van der Waals surface area contributed by atoms with Gasteiger partial charge in [-0.25, -0.2) is 0 Å². The third kappa shape index (κ3) is 2.77. The number of nitrogens with zero attached hydrogens (tertiary/aromatic N) is 2. The van der Waals surface area contributed by atoms with E-state index in [1.807, 2.05) is 24.3 Å². The minimum atomic E-state index is 0.388. The van der Waals surface area contributed by atoms with Gasteiger partial charge in [-0.3, -0.25) is 4.98 Å². The van der Waals surface area contributed by atoms with Crippen molar-refractivity contribution in [1.29, 1.82) is 5.26 Å². The number of benzene rings is 1. The average Bonchev–Trinajstić information content (AvgIpc) is 2.40. The van der Waals surface area contributed by atoms with E-state index in [4.69, 9.17) is 15.7 Å². The highest BCUT2D eigenvalue weighted by Gasteiger charge is 2.06. The predicted molar refractivity (Wildman–Crippen MR) is 69.0 cm³/mol. The van der Waals surface area contributed by atoms with Gasteiger partial charge in [-0.2, -0.15) is 5.26 Å². The molecule has 0 bridgehead atoms. The summed E-state index contributed by atoms with van der Waals surface area (Å²) in [5.41, 5.74) is 7.48. The summed E-state index contributed by atoms with van der Waals surface area (Å²) in [6.07, 6.45) is 2.44. The van der Waals surface area contributed by atoms with Gasteiger partial charge in [0.15, 0.2) is 0 Å². The molecule has 0 aliphatic carbocycles. The number of nitrogen functional groups attached to an aromatic ring is 1. The molecule has 0 radical (unpaired) electrons. The first-order valence-corrected chi connectivity index (χ1v) is 5.62. The fourth-order valence-corrected chi connectivity index (χ4v) is 1.60. The van der Waals surface area contributed by atoms with Crippen LogP contribution in [0.3, 0.4) is 0 Å². The van der Waals surface area contributed by atoms with E-state index >= 15 is 0 Å². The van der Waals surface area contributed by atoms with Crippen LogP contribution in [0.5, 0.6) is 5.75 Å². The first-order valence-electron chi connectivity index (χ1n) is 5.62. The summed E-state index contributed by atoms with van der Waals surface area (Å²) in [7, 11) is 0. The highest BCUT2D eigenvalue weighted by molar-refractivity contribution is 5.60. The molecule has 4 nitrogen and oxygen atoms in total. The predicted octanol–water partition coefficient (Wildman–Crippen LogP) is 2.16. The Balaban J connectivity index is 1.99. The highest BCUT2D eigenvalue weighted by atomic mass is 16.5. The smallest absolute Gasteiger partial charge is 0.139 e. The highest BCUT2D eigenvalue weighted by Crippen LogP contribution is 2.23. The van der Waals surface area contributed by atoms with Crippen LogP contribution in [0.25, 0.3) is 0 Å². The molecule has 2 aromatic rings. The lowest BCUT2D eigenvalue weighted by molar-refractivity contribution is 0.320. The van der Waals surface area contributed by atoms with Gasteiger partial charge < -0.3 is 10.5 Å². The van der Waals surface area contributed by atoms with Crippen molar-refractivity contribution in [2.75, 3.05) is 12.3 Å². The Morgan fingerprint density at radius 2 is 2.11 bits per heavy atom. The molecule has 2 N–H and O–H groups in total. The van der Waals surface area contributed by atoms with Crippen LogP contribution in [0.15, 0.2) is 42.6 Å². The maximum atomic E-state index is 8.99. The number of aromatic nitrogens is 1. The van der Waals surface area contributed by atoms with E-state index in [2.05, 4.69) is 4.98 Å². The second-order valence-electron chi connectivity index (χ2n) is 3.75. The second-order valence-corrected chi connectivity index (χ2v) is 3.75. The number of hydrogen-bond donors (Lipinski definition) is 1. The van der Waals surface area contributed by atoms with Gasteiger partial charge in [0.25, 0.3) is 0 Å². The lowest BCUT2D eigenvalue weighted by Crippen LogP contribution is -2.04. The van der Waals surface area contributed by atoms with Crippen LogP contribution in [0.2, 0.25) is 0 Å². The zero-order chi connectivity index (χ0) is 12.8. The third-order valence-corrected chi connectivity index (χ3v) is 2.51. The molecule has 0 aliphatic rings. The topological polar surface area (TPSA) is 71.9 Å². The molecule has 0 saturated heterocycles. The maximum absolute atomic E-state index is 8.99. The van der Waals surface area contributed by atoms with Crippen LogP contribution >= 0.6 is 0 Å². The molecular formula is C14H13N3O. The quantitative estimate of drug-likeness (QED) is 0.830. The van der Waals surface area contributed by atoms with Crippen LogP contribution in [0, 0.1) is 11.3 Å². The largest absolute Gasteiger partial charge is 0.492 e. The van der Waals surface area contributed by atoms with Gasteiger partial charge in [-0.05, 0) is 24.3 Å².